The van der Waals surface area contributed by atoms with Crippen LogP contribution in [0.5, 0.6) is 0 Å². The van der Waals surface area contributed by atoms with E-state index in [-0.39, 0.29) is 0 Å². The Morgan fingerprint density at radius 2 is 1.56 bits per heavy atom. The summed E-state index contributed by atoms with van der Waals surface area (Å²) in [5.41, 5.74) is 0. The molecule has 9 heavy (non-hydrogen) atoms. The highest BCUT2D eigenvalue weighted by Crippen LogP contribution is 1.90. The van der Waals surface area contributed by atoms with E-state index in [0.717, 1.165) is 0 Å². The van der Waals surface area contributed by atoms with E-state index in [0.29, 0.717) is 0 Å². The van der Waals surface area contributed by atoms with E-state index in [2.05, 4.69) is 0 Å². The summed E-state index contributed by atoms with van der Waals surface area (Å²) < 4.78 is 50.9. The summed E-state index contributed by atoms with van der Waals surface area (Å²) >= 11 is 0. The van der Waals surface area contributed by atoms with Gasteiger partial charge >= 0.3 is 10.3 Å². The van der Waals surface area contributed by atoms with Crippen LogP contribution in [0.25, 0.3) is 0 Å². The summed E-state index contributed by atoms with van der Waals surface area (Å²) in [7, 11) is -9.05. The second-order valence-corrected chi connectivity index (χ2v) is 3.57. The van der Waals surface area contributed by atoms with Crippen LogP contribution in [0.2, 0.25) is 0 Å². The molecule has 0 fully saturated rings. The first-order valence-corrected chi connectivity index (χ1v) is 4.35. The Balaban J connectivity index is 5.01. The van der Waals surface area contributed by atoms with Crippen LogP contribution in [0.15, 0.2) is 3.77 Å². The molecule has 0 aromatic carbocycles. The van der Waals surface area contributed by atoms with Gasteiger partial charge in [0.25, 0.3) is 10.2 Å². The quantitative estimate of drug-likeness (QED) is 0.440. The summed E-state index contributed by atoms with van der Waals surface area (Å²) in [6.07, 6.45) is 0. The van der Waals surface area contributed by atoms with Crippen LogP contribution < -0.4 is 0 Å². The highest BCUT2D eigenvalue weighted by molar-refractivity contribution is 7.95. The van der Waals surface area contributed by atoms with Gasteiger partial charge < -0.3 is 0 Å². The van der Waals surface area contributed by atoms with Crippen molar-refractivity contribution in [3.8, 4) is 0 Å². The van der Waals surface area contributed by atoms with Gasteiger partial charge in [-0.05, 0) is 0 Å². The van der Waals surface area contributed by atoms with E-state index in [1.807, 2.05) is 3.77 Å². The third kappa shape index (κ3) is 7.78. The molecule has 0 spiro atoms. The van der Waals surface area contributed by atoms with E-state index >= 15 is 0 Å². The van der Waals surface area contributed by atoms with Gasteiger partial charge in [-0.3, -0.25) is 13.7 Å². The molecular formula is H4N2O5S2. The van der Waals surface area contributed by atoms with Crippen LogP contribution in [0, 0.1) is 4.78 Å². The van der Waals surface area contributed by atoms with Gasteiger partial charge in [-0.25, -0.2) is 4.78 Å². The van der Waals surface area contributed by atoms with Gasteiger partial charge in [-0.1, -0.05) is 3.77 Å². The van der Waals surface area contributed by atoms with Crippen LogP contribution >= 0.6 is 0 Å². The predicted octanol–water partition coefficient (Wildman–Crippen LogP) is -0.165. The first kappa shape index (κ1) is 8.78. The zero-order valence-electron chi connectivity index (χ0n) is 3.92. The Morgan fingerprint density at radius 1 is 1.22 bits per heavy atom. The number of rotatable bonds is 1. The lowest BCUT2D eigenvalue weighted by molar-refractivity contribution is 0.438. The fourth-order valence-electron chi connectivity index (χ4n) is 0.132. The number of hydrogen-bond donors (Lipinski definition) is 4. The molecule has 0 aromatic heterocycles. The van der Waals surface area contributed by atoms with Crippen LogP contribution in [-0.2, 0) is 20.5 Å². The first-order valence-electron chi connectivity index (χ1n) is 1.45. The number of hydrogen-bond acceptors (Lipinski definition) is 3. The molecule has 4 N–H and O–H groups in total. The van der Waals surface area contributed by atoms with E-state index in [1.54, 1.807) is 0 Å². The molecule has 0 heterocycles. The fourth-order valence-corrected chi connectivity index (χ4v) is 1.18. The Bertz CT molecular complexity index is 281. The SMILES string of the molecule is N=S(=O)(O)N=S(=O)(O)O. The third-order valence-electron chi connectivity index (χ3n) is 0.198. The standard InChI is InChI=1S/H4N2O5S2/c1-8(3,4)2-9(5,6)7/h(H4,1,2,3,4,5,6,7). The van der Waals surface area contributed by atoms with Crippen LogP contribution in [0.4, 0.5) is 0 Å². The lowest BCUT2D eigenvalue weighted by atomic mass is 13.9. The molecule has 9 heteroatoms. The largest absolute Gasteiger partial charge is 0.303 e. The maximum absolute atomic E-state index is 9.76. The van der Waals surface area contributed by atoms with Crippen molar-refractivity contribution >= 4 is 20.5 Å². The summed E-state index contributed by atoms with van der Waals surface area (Å²) in [5, 5.41) is 0. The molecular weight excluding hydrogens is 172 g/mol. The number of nitrogens with one attached hydrogen (secondary N) is 1. The van der Waals surface area contributed by atoms with Gasteiger partial charge in [-0.2, -0.15) is 8.42 Å². The maximum Gasteiger partial charge on any atom is 0.303 e. The van der Waals surface area contributed by atoms with Crippen molar-refractivity contribution < 1.29 is 22.1 Å². The number of nitrogens with zero attached hydrogens (tertiary/aromatic N) is 1. The van der Waals surface area contributed by atoms with Crippen molar-refractivity contribution in [3.63, 3.8) is 0 Å². The molecule has 56 valence electrons. The topological polar surface area (TPSA) is 131 Å². The average Bonchev–Trinajstić information content (AvgIpc) is 1.14. The van der Waals surface area contributed by atoms with Gasteiger partial charge in [0.05, 0.1) is 0 Å². The van der Waals surface area contributed by atoms with Crippen molar-refractivity contribution in [2.75, 3.05) is 0 Å². The van der Waals surface area contributed by atoms with Crippen molar-refractivity contribution in [1.82, 2.24) is 0 Å². The third-order valence-corrected chi connectivity index (χ3v) is 1.78. The average molecular weight is 176 g/mol. The summed E-state index contributed by atoms with van der Waals surface area (Å²) in [6.45, 7) is 0. The molecule has 0 amide bonds. The fraction of sp³-hybridized carbons (Fsp3) is 0. The van der Waals surface area contributed by atoms with Crippen molar-refractivity contribution in [2.24, 2.45) is 3.77 Å². The predicted molar refractivity (Wildman–Crippen MR) is 29.3 cm³/mol. The van der Waals surface area contributed by atoms with Crippen molar-refractivity contribution in [3.05, 3.63) is 0 Å². The molecule has 0 aliphatic heterocycles. The van der Waals surface area contributed by atoms with Gasteiger partial charge in [0.1, 0.15) is 0 Å². The second-order valence-electron chi connectivity index (χ2n) is 1.04. The van der Waals surface area contributed by atoms with E-state index in [1.165, 1.54) is 0 Å². The molecule has 0 aliphatic rings. The Hall–Kier alpha value is -0.220. The summed E-state index contributed by atoms with van der Waals surface area (Å²) in [6, 6.07) is 0. The van der Waals surface area contributed by atoms with E-state index < -0.39 is 20.5 Å². The molecule has 0 bridgehead atoms. The minimum Gasteiger partial charge on any atom is -0.283 e. The van der Waals surface area contributed by atoms with Crippen LogP contribution in [-0.4, -0.2) is 22.1 Å². The highest BCUT2D eigenvalue weighted by atomic mass is 32.3. The molecule has 1 atom stereocenters. The molecule has 0 aromatic rings. The van der Waals surface area contributed by atoms with Gasteiger partial charge in [0, 0.05) is 0 Å². The van der Waals surface area contributed by atoms with Crippen molar-refractivity contribution in [1.29, 1.82) is 4.78 Å². The molecule has 0 saturated carbocycles. The van der Waals surface area contributed by atoms with Crippen LogP contribution in [0.1, 0.15) is 0 Å². The molecule has 0 radical (unpaired) electrons. The zero-order chi connectivity index (χ0) is 7.71. The monoisotopic (exact) mass is 176 g/mol. The smallest absolute Gasteiger partial charge is 0.283 e. The zero-order valence-corrected chi connectivity index (χ0v) is 5.55. The Kier molecular flexibility index (Phi) is 2.14. The first-order chi connectivity index (χ1) is 3.71. The van der Waals surface area contributed by atoms with E-state index in [9.17, 15) is 8.42 Å². The minimum absolute atomic E-state index is 1.93. The molecule has 0 rings (SSSR count). The van der Waals surface area contributed by atoms with Crippen LogP contribution in [0.3, 0.4) is 0 Å². The van der Waals surface area contributed by atoms with Crippen molar-refractivity contribution in [2.45, 2.75) is 0 Å². The Labute approximate surface area is 51.9 Å². The lowest BCUT2D eigenvalue weighted by Crippen LogP contribution is -1.98. The molecule has 7 nitrogen and oxygen atoms in total. The summed E-state index contributed by atoms with van der Waals surface area (Å²) in [5.74, 6) is 0. The van der Waals surface area contributed by atoms with Gasteiger partial charge in [0.15, 0.2) is 0 Å². The minimum atomic E-state index is -4.62. The second kappa shape index (κ2) is 2.19. The lowest BCUT2D eigenvalue weighted by Gasteiger charge is -1.88. The molecule has 1 unspecified atom stereocenters. The maximum atomic E-state index is 9.76. The normalized spacial score (nSPS) is 18.6. The highest BCUT2D eigenvalue weighted by Gasteiger charge is 2.00. The van der Waals surface area contributed by atoms with E-state index in [4.69, 9.17) is 18.4 Å². The summed E-state index contributed by atoms with van der Waals surface area (Å²) in [4.78, 5) is 0. The van der Waals surface area contributed by atoms with Gasteiger partial charge in [-0.15, -0.1) is 0 Å². The van der Waals surface area contributed by atoms with Gasteiger partial charge in [0.2, 0.25) is 0 Å². The Morgan fingerprint density at radius 3 is 1.56 bits per heavy atom. The molecule has 0 aliphatic carbocycles. The molecule has 0 saturated heterocycles.